The van der Waals surface area contributed by atoms with Crippen LogP contribution in [0.4, 0.5) is 5.69 Å². The summed E-state index contributed by atoms with van der Waals surface area (Å²) in [6.07, 6.45) is 2.86. The average molecular weight is 491 g/mol. The molecule has 0 bridgehead atoms. The van der Waals surface area contributed by atoms with Crippen LogP contribution in [-0.2, 0) is 29.1 Å². The summed E-state index contributed by atoms with van der Waals surface area (Å²) in [7, 11) is 0. The summed E-state index contributed by atoms with van der Waals surface area (Å²) in [5.41, 5.74) is 3.64. The predicted octanol–water partition coefficient (Wildman–Crippen LogP) is 4.57. The van der Waals surface area contributed by atoms with Crippen molar-refractivity contribution in [1.29, 1.82) is 0 Å². The van der Waals surface area contributed by atoms with Crippen molar-refractivity contribution in [3.8, 4) is 0 Å². The van der Waals surface area contributed by atoms with Crippen LogP contribution in [0.15, 0.2) is 72.9 Å². The SMILES string of the molecule is CC(=O)N1CCCN(Cc2ccccn2)CCN(C(=O)Cc2ccccc2Cl)Cc2ccccc21. The lowest BCUT2D eigenvalue weighted by Gasteiger charge is -2.28. The Balaban J connectivity index is 1.62. The van der Waals surface area contributed by atoms with E-state index in [1.807, 2.05) is 76.5 Å². The van der Waals surface area contributed by atoms with Crippen LogP contribution in [0.25, 0.3) is 0 Å². The topological polar surface area (TPSA) is 56.8 Å². The second-order valence-electron chi connectivity index (χ2n) is 8.83. The molecule has 1 aliphatic rings. The molecule has 0 unspecified atom stereocenters. The quantitative estimate of drug-likeness (QED) is 0.537. The molecule has 2 amide bonds. The van der Waals surface area contributed by atoms with Crippen molar-refractivity contribution in [2.24, 2.45) is 0 Å². The highest BCUT2D eigenvalue weighted by Gasteiger charge is 2.23. The third kappa shape index (κ3) is 6.68. The van der Waals surface area contributed by atoms with Crippen molar-refractivity contribution < 1.29 is 9.59 Å². The van der Waals surface area contributed by atoms with Crippen molar-refractivity contribution in [2.75, 3.05) is 31.1 Å². The highest BCUT2D eigenvalue weighted by atomic mass is 35.5. The number of carbonyl (C=O) groups is 2. The third-order valence-corrected chi connectivity index (χ3v) is 6.70. The van der Waals surface area contributed by atoms with Gasteiger partial charge in [0.15, 0.2) is 0 Å². The average Bonchev–Trinajstić information content (AvgIpc) is 2.89. The summed E-state index contributed by atoms with van der Waals surface area (Å²) in [4.78, 5) is 36.6. The maximum Gasteiger partial charge on any atom is 0.227 e. The molecule has 6 nitrogen and oxygen atoms in total. The molecule has 0 saturated carbocycles. The van der Waals surface area contributed by atoms with Crippen LogP contribution < -0.4 is 4.90 Å². The molecule has 7 heteroatoms. The minimum absolute atomic E-state index is 0.00177. The Morgan fingerprint density at radius 2 is 1.69 bits per heavy atom. The zero-order valence-electron chi connectivity index (χ0n) is 20.1. The lowest BCUT2D eigenvalue weighted by Crippen LogP contribution is -2.39. The van der Waals surface area contributed by atoms with Crippen molar-refractivity contribution >= 4 is 29.1 Å². The van der Waals surface area contributed by atoms with Gasteiger partial charge in [0, 0.05) is 63.1 Å². The van der Waals surface area contributed by atoms with Gasteiger partial charge >= 0.3 is 0 Å². The fraction of sp³-hybridized carbons (Fsp3) is 0.321. The van der Waals surface area contributed by atoms with Gasteiger partial charge in [-0.3, -0.25) is 19.5 Å². The number of amides is 2. The van der Waals surface area contributed by atoms with E-state index in [1.165, 1.54) is 0 Å². The molecular formula is C28H31ClN4O2. The first-order chi connectivity index (χ1) is 17.0. The van der Waals surface area contributed by atoms with Crippen LogP contribution in [0, 0.1) is 0 Å². The maximum atomic E-state index is 13.5. The molecule has 2 aromatic carbocycles. The highest BCUT2D eigenvalue weighted by molar-refractivity contribution is 6.31. The van der Waals surface area contributed by atoms with Crippen LogP contribution in [0.1, 0.15) is 30.2 Å². The first kappa shape index (κ1) is 24.9. The molecule has 0 fully saturated rings. The van der Waals surface area contributed by atoms with Crippen LogP contribution in [0.5, 0.6) is 0 Å². The fourth-order valence-electron chi connectivity index (χ4n) is 4.47. The molecule has 3 aromatic rings. The van der Waals surface area contributed by atoms with Crippen molar-refractivity contribution in [2.45, 2.75) is 32.9 Å². The Bertz CT molecular complexity index is 1150. The van der Waals surface area contributed by atoms with Crippen LogP contribution in [0.3, 0.4) is 0 Å². The minimum Gasteiger partial charge on any atom is -0.337 e. The number of para-hydroxylation sites is 1. The maximum absolute atomic E-state index is 13.5. The van der Waals surface area contributed by atoms with E-state index in [0.717, 1.165) is 35.5 Å². The summed E-state index contributed by atoms with van der Waals surface area (Å²) >= 11 is 6.35. The van der Waals surface area contributed by atoms with Gasteiger partial charge in [0.25, 0.3) is 0 Å². The predicted molar refractivity (Wildman–Crippen MR) is 139 cm³/mol. The number of hydrogen-bond donors (Lipinski definition) is 0. The number of pyridine rings is 1. The monoisotopic (exact) mass is 490 g/mol. The molecule has 0 radical (unpaired) electrons. The zero-order chi connectivity index (χ0) is 24.6. The fourth-order valence-corrected chi connectivity index (χ4v) is 4.68. The van der Waals surface area contributed by atoms with E-state index < -0.39 is 0 Å². The second kappa shape index (κ2) is 12.0. The number of benzene rings is 2. The molecule has 4 rings (SSSR count). The lowest BCUT2D eigenvalue weighted by atomic mass is 10.1. The van der Waals surface area contributed by atoms with Gasteiger partial charge in [0.05, 0.1) is 12.1 Å². The third-order valence-electron chi connectivity index (χ3n) is 6.33. The number of anilines is 1. The Labute approximate surface area is 212 Å². The molecule has 0 aliphatic carbocycles. The highest BCUT2D eigenvalue weighted by Crippen LogP contribution is 2.24. The number of hydrogen-bond acceptors (Lipinski definition) is 4. The van der Waals surface area contributed by atoms with Crippen molar-refractivity contribution in [1.82, 2.24) is 14.8 Å². The van der Waals surface area contributed by atoms with Gasteiger partial charge in [-0.15, -0.1) is 0 Å². The van der Waals surface area contributed by atoms with Crippen LogP contribution in [-0.4, -0.2) is 52.8 Å². The number of nitrogens with zero attached hydrogens (tertiary/aromatic N) is 4. The van der Waals surface area contributed by atoms with Gasteiger partial charge in [-0.25, -0.2) is 0 Å². The first-order valence-electron chi connectivity index (χ1n) is 12.0. The molecule has 0 saturated heterocycles. The van der Waals surface area contributed by atoms with Gasteiger partial charge in [-0.05, 0) is 41.8 Å². The molecule has 2 heterocycles. The van der Waals surface area contributed by atoms with Gasteiger partial charge < -0.3 is 9.80 Å². The smallest absolute Gasteiger partial charge is 0.227 e. The van der Waals surface area contributed by atoms with Gasteiger partial charge in [-0.1, -0.05) is 54.1 Å². The van der Waals surface area contributed by atoms with E-state index in [4.69, 9.17) is 11.6 Å². The normalized spacial score (nSPS) is 15.3. The Hall–Kier alpha value is -3.22. The van der Waals surface area contributed by atoms with E-state index in [0.29, 0.717) is 37.7 Å². The second-order valence-corrected chi connectivity index (χ2v) is 9.24. The van der Waals surface area contributed by atoms with Crippen molar-refractivity contribution in [3.05, 3.63) is 94.8 Å². The molecule has 35 heavy (non-hydrogen) atoms. The molecule has 0 spiro atoms. The number of rotatable bonds is 4. The molecular weight excluding hydrogens is 460 g/mol. The van der Waals surface area contributed by atoms with Gasteiger partial charge in [-0.2, -0.15) is 0 Å². The molecule has 1 aliphatic heterocycles. The summed E-state index contributed by atoms with van der Waals surface area (Å²) < 4.78 is 0. The van der Waals surface area contributed by atoms with E-state index in [2.05, 4.69) is 9.88 Å². The van der Waals surface area contributed by atoms with Crippen molar-refractivity contribution in [3.63, 3.8) is 0 Å². The number of halogens is 1. The number of carbonyl (C=O) groups excluding carboxylic acids is 2. The summed E-state index contributed by atoms with van der Waals surface area (Å²) in [5.74, 6) is 0.0150. The summed E-state index contributed by atoms with van der Waals surface area (Å²) in [5, 5.41) is 0.596. The number of fused-ring (bicyclic) bond motifs is 1. The zero-order valence-corrected chi connectivity index (χ0v) is 20.8. The molecule has 0 N–H and O–H groups in total. The van der Waals surface area contributed by atoms with Gasteiger partial charge in [0.2, 0.25) is 11.8 Å². The summed E-state index contributed by atoms with van der Waals surface area (Å²) in [6.45, 7) is 5.44. The van der Waals surface area contributed by atoms with E-state index in [1.54, 1.807) is 13.1 Å². The van der Waals surface area contributed by atoms with E-state index in [-0.39, 0.29) is 18.2 Å². The Morgan fingerprint density at radius 1 is 0.914 bits per heavy atom. The largest absolute Gasteiger partial charge is 0.337 e. The standard InChI is InChI=1S/C28H31ClN4O2/c1-22(34)33-16-8-15-31(21-25-11-6-7-14-30-25)17-18-32(20-24-10-3-5-13-27(24)33)28(35)19-23-9-2-4-12-26(23)29/h2-7,9-14H,8,15-21H2,1H3. The Kier molecular flexibility index (Phi) is 8.50. The lowest BCUT2D eigenvalue weighted by molar-refractivity contribution is -0.131. The first-order valence-corrected chi connectivity index (χ1v) is 12.4. The molecule has 0 atom stereocenters. The summed E-state index contributed by atoms with van der Waals surface area (Å²) in [6, 6.07) is 21.3. The minimum atomic E-state index is 0.00177. The van der Waals surface area contributed by atoms with Gasteiger partial charge in [0.1, 0.15) is 0 Å². The molecule has 1 aromatic heterocycles. The van der Waals surface area contributed by atoms with E-state index >= 15 is 0 Å². The van der Waals surface area contributed by atoms with Crippen LogP contribution in [0.2, 0.25) is 5.02 Å². The van der Waals surface area contributed by atoms with E-state index in [9.17, 15) is 9.59 Å². The number of aromatic nitrogens is 1. The molecule has 182 valence electrons. The van der Waals surface area contributed by atoms with Crippen LogP contribution >= 0.6 is 11.6 Å². The Morgan fingerprint density at radius 3 is 2.46 bits per heavy atom.